The topological polar surface area (TPSA) is 67.2 Å². The fourth-order valence-corrected chi connectivity index (χ4v) is 2.93. The van der Waals surface area contributed by atoms with Crippen molar-refractivity contribution in [1.29, 1.82) is 0 Å². The van der Waals surface area contributed by atoms with Gasteiger partial charge in [-0.25, -0.2) is 0 Å². The minimum absolute atomic E-state index is 0.0978. The summed E-state index contributed by atoms with van der Waals surface area (Å²) in [6.45, 7) is 6.54. The second kappa shape index (κ2) is 7.30. The highest BCUT2D eigenvalue weighted by molar-refractivity contribution is 5.95. The lowest BCUT2D eigenvalue weighted by Gasteiger charge is -2.30. The molecular weight excluding hydrogens is 326 g/mol. The van der Waals surface area contributed by atoms with Gasteiger partial charge in [-0.2, -0.15) is 0 Å². The molecule has 0 fully saturated rings. The molecule has 26 heavy (non-hydrogen) atoms. The Balaban J connectivity index is 1.91. The molecule has 2 heterocycles. The van der Waals surface area contributed by atoms with Crippen molar-refractivity contribution < 1.29 is 9.90 Å². The van der Waals surface area contributed by atoms with Gasteiger partial charge in [-0.05, 0) is 17.0 Å². The third kappa shape index (κ3) is 3.94. The van der Waals surface area contributed by atoms with E-state index in [9.17, 15) is 9.90 Å². The second-order valence-electron chi connectivity index (χ2n) is 7.66. The molecule has 2 aliphatic heterocycles. The molecule has 5 nitrogen and oxygen atoms in total. The van der Waals surface area contributed by atoms with Crippen LogP contribution in [0.5, 0.6) is 0 Å². The van der Waals surface area contributed by atoms with Crippen LogP contribution in [0.1, 0.15) is 36.7 Å². The summed E-state index contributed by atoms with van der Waals surface area (Å²) >= 11 is 0. The van der Waals surface area contributed by atoms with Crippen molar-refractivity contribution in [3.05, 3.63) is 66.1 Å². The summed E-state index contributed by atoms with van der Waals surface area (Å²) < 4.78 is 2.04. The van der Waals surface area contributed by atoms with Crippen LogP contribution in [-0.4, -0.2) is 33.2 Å². The molecule has 0 aliphatic carbocycles. The molecule has 0 spiro atoms. The summed E-state index contributed by atoms with van der Waals surface area (Å²) in [5.41, 5.74) is 3.39. The van der Waals surface area contributed by atoms with Gasteiger partial charge in [0.1, 0.15) is 0 Å². The van der Waals surface area contributed by atoms with E-state index in [1.807, 2.05) is 62.0 Å². The van der Waals surface area contributed by atoms with E-state index in [-0.39, 0.29) is 24.0 Å². The quantitative estimate of drug-likeness (QED) is 0.742. The molecule has 1 atom stereocenters. The van der Waals surface area contributed by atoms with E-state index < -0.39 is 0 Å². The predicted molar refractivity (Wildman–Crippen MR) is 102 cm³/mol. The first-order valence-corrected chi connectivity index (χ1v) is 8.78. The van der Waals surface area contributed by atoms with Crippen LogP contribution in [0.15, 0.2) is 55.0 Å². The molecule has 5 heteroatoms. The van der Waals surface area contributed by atoms with Crippen molar-refractivity contribution in [1.82, 2.24) is 14.9 Å². The minimum Gasteiger partial charge on any atom is -0.394 e. The highest BCUT2D eigenvalue weighted by atomic mass is 16.3. The summed E-state index contributed by atoms with van der Waals surface area (Å²) in [7, 11) is 0. The molecule has 136 valence electrons. The molecule has 0 saturated carbocycles. The average Bonchev–Trinajstić information content (AvgIpc) is 3.08. The number of carbonyl (C=O) groups is 1. The normalized spacial score (nSPS) is 12.9. The van der Waals surface area contributed by atoms with Crippen LogP contribution in [0, 0.1) is 5.41 Å². The van der Waals surface area contributed by atoms with Crippen molar-refractivity contribution in [3.8, 4) is 11.3 Å². The van der Waals surface area contributed by atoms with Crippen LogP contribution in [0.4, 0.5) is 0 Å². The van der Waals surface area contributed by atoms with Crippen molar-refractivity contribution in [3.63, 3.8) is 0 Å². The SMILES string of the molecule is CC(C)(C)[C@@H](CO)NC(=O)c1cc2cncc-2n(Cc2ccccc2)c1. The predicted octanol–water partition coefficient (Wildman–Crippen LogP) is 3.17. The third-order valence-electron chi connectivity index (χ3n) is 4.61. The minimum atomic E-state index is -0.314. The highest BCUT2D eigenvalue weighted by Crippen LogP contribution is 2.25. The summed E-state index contributed by atoms with van der Waals surface area (Å²) in [5.74, 6) is -0.191. The number of hydrogen-bond acceptors (Lipinski definition) is 3. The Morgan fingerprint density at radius 2 is 1.96 bits per heavy atom. The maximum Gasteiger partial charge on any atom is 0.253 e. The Kier molecular flexibility index (Phi) is 5.09. The summed E-state index contributed by atoms with van der Waals surface area (Å²) in [4.78, 5) is 17.0. The fourth-order valence-electron chi connectivity index (χ4n) is 2.93. The van der Waals surface area contributed by atoms with E-state index in [2.05, 4.69) is 22.4 Å². The van der Waals surface area contributed by atoms with Gasteiger partial charge in [-0.3, -0.25) is 9.78 Å². The van der Waals surface area contributed by atoms with E-state index >= 15 is 0 Å². The number of hydrogen-bond donors (Lipinski definition) is 2. The van der Waals surface area contributed by atoms with Crippen molar-refractivity contribution in [2.24, 2.45) is 5.41 Å². The number of fused-ring (bicyclic) bond motifs is 1. The zero-order valence-corrected chi connectivity index (χ0v) is 15.4. The van der Waals surface area contributed by atoms with E-state index in [1.54, 1.807) is 6.20 Å². The first-order valence-electron chi connectivity index (χ1n) is 8.78. The van der Waals surface area contributed by atoms with E-state index in [0.717, 1.165) is 16.8 Å². The van der Waals surface area contributed by atoms with Gasteiger partial charge in [-0.15, -0.1) is 0 Å². The van der Waals surface area contributed by atoms with Gasteiger partial charge in [0.25, 0.3) is 5.91 Å². The number of pyridine rings is 1. The third-order valence-corrected chi connectivity index (χ3v) is 4.61. The van der Waals surface area contributed by atoms with E-state index in [4.69, 9.17) is 0 Å². The van der Waals surface area contributed by atoms with Crippen molar-refractivity contribution in [2.75, 3.05) is 6.61 Å². The lowest BCUT2D eigenvalue weighted by atomic mass is 9.87. The molecule has 0 aromatic heterocycles. The molecule has 0 bridgehead atoms. The molecule has 0 saturated heterocycles. The standard InChI is InChI=1S/C21H25N3O2/c1-21(2,3)19(14-25)23-20(26)17-9-16-10-22-11-18(16)24(13-17)12-15-7-5-4-6-8-15/h4-11,13,19,25H,12,14H2,1-3H3,(H,23,26)/t19-/m1/s1. The van der Waals surface area contributed by atoms with Gasteiger partial charge in [-0.1, -0.05) is 51.1 Å². The molecule has 0 unspecified atom stereocenters. The second-order valence-corrected chi connectivity index (χ2v) is 7.66. The lowest BCUT2D eigenvalue weighted by Crippen LogP contribution is -2.46. The molecular formula is C21H25N3O2. The van der Waals surface area contributed by atoms with Gasteiger partial charge in [0.15, 0.2) is 0 Å². The van der Waals surface area contributed by atoms with Crippen LogP contribution < -0.4 is 5.32 Å². The Morgan fingerprint density at radius 3 is 2.62 bits per heavy atom. The van der Waals surface area contributed by atoms with Crippen LogP contribution in [-0.2, 0) is 6.54 Å². The maximum atomic E-state index is 12.8. The van der Waals surface area contributed by atoms with Gasteiger partial charge in [0, 0.05) is 24.5 Å². The zero-order valence-electron chi connectivity index (χ0n) is 15.4. The summed E-state index contributed by atoms with van der Waals surface area (Å²) in [6.07, 6.45) is 5.43. The number of aliphatic hydroxyl groups is 1. The number of aliphatic hydroxyl groups excluding tert-OH is 1. The smallest absolute Gasteiger partial charge is 0.253 e. The summed E-state index contributed by atoms with van der Waals surface area (Å²) in [5, 5.41) is 12.6. The monoisotopic (exact) mass is 351 g/mol. The molecule has 1 amide bonds. The van der Waals surface area contributed by atoms with Gasteiger partial charge in [0.2, 0.25) is 0 Å². The van der Waals surface area contributed by atoms with Gasteiger partial charge in [0.05, 0.1) is 30.1 Å². The number of rotatable bonds is 5. The van der Waals surface area contributed by atoms with Crippen LogP contribution in [0.3, 0.4) is 0 Å². The van der Waals surface area contributed by atoms with Crippen LogP contribution >= 0.6 is 0 Å². The first-order chi connectivity index (χ1) is 12.4. The number of nitrogens with one attached hydrogen (secondary N) is 1. The van der Waals surface area contributed by atoms with Gasteiger partial charge >= 0.3 is 0 Å². The average molecular weight is 351 g/mol. The van der Waals surface area contributed by atoms with Crippen LogP contribution in [0.25, 0.3) is 11.3 Å². The Morgan fingerprint density at radius 1 is 1.23 bits per heavy atom. The highest BCUT2D eigenvalue weighted by Gasteiger charge is 2.26. The Labute approximate surface area is 154 Å². The molecule has 0 radical (unpaired) electrons. The fraction of sp³-hybridized carbons (Fsp3) is 0.333. The summed E-state index contributed by atoms with van der Waals surface area (Å²) in [6, 6.07) is 11.6. The van der Waals surface area contributed by atoms with Crippen molar-refractivity contribution >= 4 is 5.91 Å². The Bertz CT molecular complexity index is 849. The number of amides is 1. The molecule has 2 N–H and O–H groups in total. The zero-order chi connectivity index (χ0) is 18.7. The van der Waals surface area contributed by atoms with E-state index in [0.29, 0.717) is 12.1 Å². The molecule has 1 aromatic rings. The number of nitrogens with zero attached hydrogens (tertiary/aromatic N) is 2. The number of aromatic nitrogens is 2. The maximum absolute atomic E-state index is 12.8. The van der Waals surface area contributed by atoms with Crippen LogP contribution in [0.2, 0.25) is 0 Å². The Hall–Kier alpha value is -2.66. The number of benzene rings is 1. The molecule has 3 rings (SSSR count). The lowest BCUT2D eigenvalue weighted by molar-refractivity contribution is 0.0847. The van der Waals surface area contributed by atoms with Gasteiger partial charge < -0.3 is 15.0 Å². The van der Waals surface area contributed by atoms with E-state index in [1.165, 1.54) is 0 Å². The molecule has 2 aliphatic rings. The first kappa shape index (κ1) is 18.1. The number of carbonyl (C=O) groups excluding carboxylic acids is 1. The largest absolute Gasteiger partial charge is 0.394 e. The van der Waals surface area contributed by atoms with Crippen molar-refractivity contribution in [2.45, 2.75) is 33.4 Å². The molecule has 1 aromatic carbocycles.